The van der Waals surface area contributed by atoms with Crippen molar-refractivity contribution in [1.82, 2.24) is 25.2 Å². The summed E-state index contributed by atoms with van der Waals surface area (Å²) >= 11 is 5.86. The molecule has 1 aromatic carbocycles. The summed E-state index contributed by atoms with van der Waals surface area (Å²) < 4.78 is 1.62. The Balaban J connectivity index is 2.13. The van der Waals surface area contributed by atoms with E-state index in [1.54, 1.807) is 16.8 Å². The maximum Gasteiger partial charge on any atom is 0.273 e. The van der Waals surface area contributed by atoms with Crippen molar-refractivity contribution in [2.24, 2.45) is 0 Å². The number of amides is 1. The molecule has 0 spiro atoms. The van der Waals surface area contributed by atoms with Crippen LogP contribution in [-0.4, -0.2) is 53.0 Å². The van der Waals surface area contributed by atoms with E-state index in [1.165, 1.54) is 0 Å². The molecule has 0 aliphatic rings. The van der Waals surface area contributed by atoms with Crippen molar-refractivity contribution < 1.29 is 4.79 Å². The maximum atomic E-state index is 12.1. The van der Waals surface area contributed by atoms with Gasteiger partial charge in [-0.1, -0.05) is 16.8 Å². The van der Waals surface area contributed by atoms with Crippen LogP contribution in [0.4, 0.5) is 0 Å². The van der Waals surface area contributed by atoms with Crippen molar-refractivity contribution in [1.29, 1.82) is 0 Å². The molecule has 1 aromatic heterocycles. The van der Waals surface area contributed by atoms with Crippen LogP contribution >= 0.6 is 11.6 Å². The van der Waals surface area contributed by atoms with Crippen molar-refractivity contribution in [3.8, 4) is 5.69 Å². The summed E-state index contributed by atoms with van der Waals surface area (Å²) in [5, 5.41) is 11.5. The molecule has 21 heavy (non-hydrogen) atoms. The Hall–Kier alpha value is -1.92. The minimum atomic E-state index is -0.213. The van der Waals surface area contributed by atoms with Crippen LogP contribution in [0.3, 0.4) is 0 Å². The lowest BCUT2D eigenvalue weighted by molar-refractivity contribution is 0.0945. The van der Waals surface area contributed by atoms with Gasteiger partial charge in [-0.05, 0) is 45.3 Å². The summed E-state index contributed by atoms with van der Waals surface area (Å²) in [7, 11) is 3.91. The molecule has 2 aromatic rings. The number of nitrogens with zero attached hydrogens (tertiary/aromatic N) is 4. The highest BCUT2D eigenvalue weighted by molar-refractivity contribution is 6.30. The molecule has 0 aliphatic carbocycles. The fourth-order valence-electron chi connectivity index (χ4n) is 1.84. The van der Waals surface area contributed by atoms with Crippen molar-refractivity contribution >= 4 is 17.5 Å². The Bertz CT molecular complexity index is 621. The first-order valence-electron chi connectivity index (χ1n) is 6.60. The molecule has 1 N–H and O–H groups in total. The molecule has 0 atom stereocenters. The summed E-state index contributed by atoms with van der Waals surface area (Å²) in [4.78, 5) is 14.1. The van der Waals surface area contributed by atoms with Gasteiger partial charge in [-0.25, -0.2) is 4.68 Å². The number of rotatable bonds is 5. The fraction of sp³-hybridized carbons (Fsp3) is 0.357. The number of hydrogen-bond acceptors (Lipinski definition) is 4. The lowest BCUT2D eigenvalue weighted by Gasteiger charge is -2.09. The Labute approximate surface area is 128 Å². The Morgan fingerprint density at radius 3 is 2.62 bits per heavy atom. The fourth-order valence-corrected chi connectivity index (χ4v) is 1.97. The van der Waals surface area contributed by atoms with Crippen LogP contribution < -0.4 is 5.32 Å². The molecular formula is C14H18ClN5O. The van der Waals surface area contributed by atoms with E-state index in [4.69, 9.17) is 11.6 Å². The normalized spacial score (nSPS) is 10.9. The third kappa shape index (κ3) is 3.80. The molecular weight excluding hydrogens is 290 g/mol. The largest absolute Gasteiger partial charge is 0.349 e. The van der Waals surface area contributed by atoms with E-state index in [0.717, 1.165) is 12.2 Å². The average molecular weight is 308 g/mol. The minimum Gasteiger partial charge on any atom is -0.349 e. The SMILES string of the molecule is Cc1c(C(=O)NCCN(C)C)nnn1-c1ccc(Cl)cc1. The topological polar surface area (TPSA) is 63.1 Å². The average Bonchev–Trinajstić information content (AvgIpc) is 2.81. The molecule has 0 saturated carbocycles. The van der Waals surface area contributed by atoms with Gasteiger partial charge in [0.25, 0.3) is 5.91 Å². The highest BCUT2D eigenvalue weighted by Crippen LogP contribution is 2.15. The van der Waals surface area contributed by atoms with E-state index in [0.29, 0.717) is 23.0 Å². The van der Waals surface area contributed by atoms with E-state index in [9.17, 15) is 4.79 Å². The summed E-state index contributed by atoms with van der Waals surface area (Å²) in [6, 6.07) is 7.21. The van der Waals surface area contributed by atoms with Crippen LogP contribution in [-0.2, 0) is 0 Å². The van der Waals surface area contributed by atoms with Gasteiger partial charge in [0.05, 0.1) is 11.4 Å². The van der Waals surface area contributed by atoms with Gasteiger partial charge in [-0.15, -0.1) is 5.10 Å². The van der Waals surface area contributed by atoms with Gasteiger partial charge in [0.15, 0.2) is 5.69 Å². The summed E-state index contributed by atoms with van der Waals surface area (Å²) in [6.45, 7) is 3.16. The molecule has 6 nitrogen and oxygen atoms in total. The maximum absolute atomic E-state index is 12.1. The van der Waals surface area contributed by atoms with Gasteiger partial charge in [0, 0.05) is 18.1 Å². The summed E-state index contributed by atoms with van der Waals surface area (Å²) in [5.41, 5.74) is 1.85. The second kappa shape index (κ2) is 6.69. The molecule has 0 aliphatic heterocycles. The third-order valence-corrected chi connectivity index (χ3v) is 3.28. The van der Waals surface area contributed by atoms with Crippen molar-refractivity contribution in [3.05, 3.63) is 40.7 Å². The molecule has 112 valence electrons. The quantitative estimate of drug-likeness (QED) is 0.910. The van der Waals surface area contributed by atoms with Crippen molar-refractivity contribution in [2.75, 3.05) is 27.2 Å². The van der Waals surface area contributed by atoms with Crippen LogP contribution in [0.2, 0.25) is 5.02 Å². The van der Waals surface area contributed by atoms with E-state index in [2.05, 4.69) is 15.6 Å². The molecule has 0 unspecified atom stereocenters. The molecule has 1 amide bonds. The molecule has 7 heteroatoms. The Kier molecular flexibility index (Phi) is 4.93. The standard InChI is InChI=1S/C14H18ClN5O/c1-10-13(14(21)16-8-9-19(2)3)17-18-20(10)12-6-4-11(15)5-7-12/h4-7H,8-9H2,1-3H3,(H,16,21). The van der Waals surface area contributed by atoms with Crippen LogP contribution in [0.15, 0.2) is 24.3 Å². The van der Waals surface area contributed by atoms with Gasteiger partial charge in [0.1, 0.15) is 0 Å². The number of carbonyl (C=O) groups excluding carboxylic acids is 1. The second-order valence-electron chi connectivity index (χ2n) is 4.97. The molecule has 1 heterocycles. The third-order valence-electron chi connectivity index (χ3n) is 3.03. The second-order valence-corrected chi connectivity index (χ2v) is 5.41. The molecule has 0 saturated heterocycles. The van der Waals surface area contributed by atoms with E-state index >= 15 is 0 Å². The summed E-state index contributed by atoms with van der Waals surface area (Å²) in [6.07, 6.45) is 0. The first-order chi connectivity index (χ1) is 9.99. The molecule has 0 radical (unpaired) electrons. The summed E-state index contributed by atoms with van der Waals surface area (Å²) in [5.74, 6) is -0.213. The van der Waals surface area contributed by atoms with Gasteiger partial charge < -0.3 is 10.2 Å². The zero-order valence-corrected chi connectivity index (χ0v) is 13.1. The van der Waals surface area contributed by atoms with Gasteiger partial charge in [-0.2, -0.15) is 0 Å². The van der Waals surface area contributed by atoms with Crippen LogP contribution in [0.5, 0.6) is 0 Å². The number of likely N-dealkylation sites (N-methyl/N-ethyl adjacent to an activating group) is 1. The van der Waals surface area contributed by atoms with Gasteiger partial charge >= 0.3 is 0 Å². The monoisotopic (exact) mass is 307 g/mol. The Morgan fingerprint density at radius 1 is 1.33 bits per heavy atom. The lowest BCUT2D eigenvalue weighted by atomic mass is 10.3. The molecule has 2 rings (SSSR count). The van der Waals surface area contributed by atoms with Crippen molar-refractivity contribution in [2.45, 2.75) is 6.92 Å². The minimum absolute atomic E-state index is 0.213. The first-order valence-corrected chi connectivity index (χ1v) is 6.98. The number of nitrogens with one attached hydrogen (secondary N) is 1. The lowest BCUT2D eigenvalue weighted by Crippen LogP contribution is -2.31. The number of carbonyl (C=O) groups is 1. The first kappa shape index (κ1) is 15.5. The van der Waals surface area contributed by atoms with E-state index < -0.39 is 0 Å². The van der Waals surface area contributed by atoms with Crippen LogP contribution in [0.1, 0.15) is 16.2 Å². The molecule has 0 fully saturated rings. The zero-order chi connectivity index (χ0) is 15.4. The Morgan fingerprint density at radius 2 is 2.00 bits per heavy atom. The van der Waals surface area contributed by atoms with Gasteiger partial charge in [-0.3, -0.25) is 4.79 Å². The number of hydrogen-bond donors (Lipinski definition) is 1. The number of benzene rings is 1. The van der Waals surface area contributed by atoms with E-state index in [-0.39, 0.29) is 5.91 Å². The van der Waals surface area contributed by atoms with E-state index in [1.807, 2.05) is 38.1 Å². The molecule has 0 bridgehead atoms. The number of aromatic nitrogens is 3. The zero-order valence-electron chi connectivity index (χ0n) is 12.3. The van der Waals surface area contributed by atoms with Gasteiger partial charge in [0.2, 0.25) is 0 Å². The predicted molar refractivity (Wildman–Crippen MR) is 82.0 cm³/mol. The van der Waals surface area contributed by atoms with Crippen LogP contribution in [0.25, 0.3) is 5.69 Å². The smallest absolute Gasteiger partial charge is 0.273 e. The number of halogens is 1. The van der Waals surface area contributed by atoms with Crippen LogP contribution in [0, 0.1) is 6.92 Å². The highest BCUT2D eigenvalue weighted by Gasteiger charge is 2.16. The van der Waals surface area contributed by atoms with Crippen molar-refractivity contribution in [3.63, 3.8) is 0 Å². The predicted octanol–water partition coefficient (Wildman–Crippen LogP) is 1.52. The highest BCUT2D eigenvalue weighted by atomic mass is 35.5.